The van der Waals surface area contributed by atoms with Crippen molar-refractivity contribution in [1.29, 1.82) is 0 Å². The maximum atomic E-state index is 13.2. The van der Waals surface area contributed by atoms with Crippen molar-refractivity contribution in [2.75, 3.05) is 16.6 Å². The Morgan fingerprint density at radius 2 is 1.56 bits per heavy atom. The quantitative estimate of drug-likeness (QED) is 0.216. The van der Waals surface area contributed by atoms with Crippen LogP contribution in [0.4, 0.5) is 11.4 Å². The van der Waals surface area contributed by atoms with E-state index in [9.17, 15) is 4.79 Å². The summed E-state index contributed by atoms with van der Waals surface area (Å²) in [7, 11) is 0. The van der Waals surface area contributed by atoms with Crippen LogP contribution in [0.1, 0.15) is 48.9 Å². The Hall–Kier alpha value is -4.07. The van der Waals surface area contributed by atoms with Crippen LogP contribution in [0.3, 0.4) is 0 Å². The van der Waals surface area contributed by atoms with Crippen molar-refractivity contribution in [1.82, 2.24) is 0 Å². The number of benzene rings is 4. The molecule has 8 heteroatoms. The maximum absolute atomic E-state index is 13.2. The molecule has 0 fully saturated rings. The van der Waals surface area contributed by atoms with E-state index in [2.05, 4.69) is 50.2 Å². The minimum atomic E-state index is -1.08. The summed E-state index contributed by atoms with van der Waals surface area (Å²) < 4.78 is 5.42. The first kappa shape index (κ1) is 27.1. The molecule has 1 atom stereocenters. The number of carbonyl (C=O) groups excluding carboxylic acids is 1. The summed E-state index contributed by atoms with van der Waals surface area (Å²) in [6, 6.07) is 34.2. The van der Waals surface area contributed by atoms with Crippen LogP contribution in [0.15, 0.2) is 113 Å². The van der Waals surface area contributed by atoms with Gasteiger partial charge in [-0.25, -0.2) is 14.8 Å². The van der Waals surface area contributed by atoms with E-state index in [0.29, 0.717) is 10.9 Å². The van der Waals surface area contributed by atoms with Crippen LogP contribution in [0.25, 0.3) is 0 Å². The highest BCUT2D eigenvalue weighted by atomic mass is 35.5. The van der Waals surface area contributed by atoms with E-state index in [1.165, 1.54) is 17.3 Å². The second-order valence-electron chi connectivity index (χ2n) is 10.0. The molecule has 6 nitrogen and oxygen atoms in total. The fourth-order valence-electron chi connectivity index (χ4n) is 5.13. The lowest BCUT2D eigenvalue weighted by Gasteiger charge is -2.47. The third-order valence-corrected chi connectivity index (χ3v) is 8.62. The van der Waals surface area contributed by atoms with Gasteiger partial charge in [0.15, 0.2) is 0 Å². The monoisotopic (exact) mass is 580 g/mol. The number of hydrazone groups is 2. The highest BCUT2D eigenvalue weighted by molar-refractivity contribution is 8.16. The van der Waals surface area contributed by atoms with Crippen LogP contribution in [-0.4, -0.2) is 23.3 Å². The number of halogens is 1. The zero-order chi connectivity index (χ0) is 28.6. The summed E-state index contributed by atoms with van der Waals surface area (Å²) in [6.07, 6.45) is 0. The number of anilines is 2. The lowest BCUT2D eigenvalue weighted by atomic mass is 9.92. The SMILES string of the molecule is CCOC(=O)C1=NN(c2cccc(Cl)c2)[C@]2(S1)c1ccccc1C(c1ccc(C(C)C)cc1)=NN2c1ccccc1. The van der Waals surface area contributed by atoms with Gasteiger partial charge in [-0.1, -0.05) is 98.2 Å². The first-order chi connectivity index (χ1) is 19.9. The molecule has 206 valence electrons. The minimum Gasteiger partial charge on any atom is -0.461 e. The molecule has 1 spiro atoms. The van der Waals surface area contributed by atoms with Gasteiger partial charge in [0.05, 0.1) is 23.7 Å². The van der Waals surface area contributed by atoms with Gasteiger partial charge in [0.1, 0.15) is 0 Å². The molecule has 2 heterocycles. The van der Waals surface area contributed by atoms with E-state index in [1.807, 2.05) is 76.7 Å². The molecule has 0 saturated carbocycles. The van der Waals surface area contributed by atoms with Gasteiger partial charge in [-0.3, -0.25) is 0 Å². The van der Waals surface area contributed by atoms with Gasteiger partial charge < -0.3 is 4.74 Å². The summed E-state index contributed by atoms with van der Waals surface area (Å²) in [5.74, 6) is -0.0562. The van der Waals surface area contributed by atoms with Crippen molar-refractivity contribution in [2.45, 2.75) is 31.7 Å². The average Bonchev–Trinajstić information content (AvgIpc) is 3.39. The van der Waals surface area contributed by atoms with Crippen molar-refractivity contribution >= 4 is 51.5 Å². The third kappa shape index (κ3) is 4.79. The maximum Gasteiger partial charge on any atom is 0.365 e. The van der Waals surface area contributed by atoms with E-state index in [4.69, 9.17) is 26.5 Å². The summed E-state index contributed by atoms with van der Waals surface area (Å²) in [6.45, 7) is 6.41. The molecule has 0 aromatic heterocycles. The van der Waals surface area contributed by atoms with Crippen LogP contribution < -0.4 is 10.0 Å². The number of hydrogen-bond donors (Lipinski definition) is 0. The number of para-hydroxylation sites is 1. The molecule has 0 radical (unpaired) electrons. The van der Waals surface area contributed by atoms with Crippen molar-refractivity contribution in [3.05, 3.63) is 130 Å². The fraction of sp³-hybridized carbons (Fsp3) is 0.182. The number of hydrogen-bond acceptors (Lipinski definition) is 7. The van der Waals surface area contributed by atoms with Gasteiger partial charge in [0.2, 0.25) is 10.0 Å². The Morgan fingerprint density at radius 1 is 0.878 bits per heavy atom. The Bertz CT molecular complexity index is 1660. The number of esters is 1. The summed E-state index contributed by atoms with van der Waals surface area (Å²) in [5, 5.41) is 14.8. The van der Waals surface area contributed by atoms with Gasteiger partial charge in [0, 0.05) is 21.7 Å². The first-order valence-corrected chi connectivity index (χ1v) is 14.8. The molecule has 0 N–H and O–H groups in total. The van der Waals surface area contributed by atoms with Crippen molar-refractivity contribution < 1.29 is 9.53 Å². The Balaban J connectivity index is 1.62. The lowest BCUT2D eigenvalue weighted by Crippen LogP contribution is -2.54. The number of carbonyl (C=O) groups is 1. The summed E-state index contributed by atoms with van der Waals surface area (Å²) in [4.78, 5) is 12.1. The molecule has 0 bridgehead atoms. The van der Waals surface area contributed by atoms with E-state index < -0.39 is 11.0 Å². The average molecular weight is 581 g/mol. The Labute approximate surface area is 249 Å². The molecule has 4 aromatic rings. The molecule has 6 rings (SSSR count). The topological polar surface area (TPSA) is 57.5 Å². The number of rotatable bonds is 6. The predicted molar refractivity (Wildman–Crippen MR) is 169 cm³/mol. The second-order valence-corrected chi connectivity index (χ2v) is 11.6. The van der Waals surface area contributed by atoms with E-state index in [-0.39, 0.29) is 11.7 Å². The first-order valence-electron chi connectivity index (χ1n) is 13.6. The fourth-order valence-corrected chi connectivity index (χ4v) is 6.60. The summed E-state index contributed by atoms with van der Waals surface area (Å²) in [5.41, 5.74) is 6.56. The van der Waals surface area contributed by atoms with Crippen molar-refractivity contribution in [3.8, 4) is 0 Å². The normalized spacial score (nSPS) is 17.9. The van der Waals surface area contributed by atoms with E-state index in [0.717, 1.165) is 33.8 Å². The zero-order valence-electron chi connectivity index (χ0n) is 23.0. The molecule has 2 aliphatic heterocycles. The van der Waals surface area contributed by atoms with Gasteiger partial charge in [0.25, 0.3) is 0 Å². The van der Waals surface area contributed by atoms with E-state index in [1.54, 1.807) is 6.92 Å². The van der Waals surface area contributed by atoms with Crippen LogP contribution in [-0.2, 0) is 14.5 Å². The molecule has 0 saturated heterocycles. The second kappa shape index (κ2) is 11.1. The zero-order valence-corrected chi connectivity index (χ0v) is 24.6. The van der Waals surface area contributed by atoms with Crippen molar-refractivity contribution in [2.24, 2.45) is 10.2 Å². The number of nitrogens with zero attached hydrogens (tertiary/aromatic N) is 4. The van der Waals surface area contributed by atoms with Crippen LogP contribution >= 0.6 is 23.4 Å². The minimum absolute atomic E-state index is 0.238. The van der Waals surface area contributed by atoms with Gasteiger partial charge in [-0.2, -0.15) is 10.2 Å². The number of fused-ring (bicyclic) bond motifs is 2. The predicted octanol–water partition coefficient (Wildman–Crippen LogP) is 7.98. The molecular weight excluding hydrogens is 552 g/mol. The third-order valence-electron chi connectivity index (χ3n) is 7.09. The van der Waals surface area contributed by atoms with E-state index >= 15 is 0 Å². The lowest BCUT2D eigenvalue weighted by molar-refractivity contribution is -0.134. The van der Waals surface area contributed by atoms with Crippen LogP contribution in [0.5, 0.6) is 0 Å². The molecule has 0 aliphatic carbocycles. The molecule has 2 aliphatic rings. The van der Waals surface area contributed by atoms with Crippen LogP contribution in [0, 0.1) is 0 Å². The molecular formula is C33H29ClN4O2S. The van der Waals surface area contributed by atoms with Gasteiger partial charge in [-0.15, -0.1) is 0 Å². The molecule has 0 unspecified atom stereocenters. The Morgan fingerprint density at radius 3 is 2.27 bits per heavy atom. The van der Waals surface area contributed by atoms with Gasteiger partial charge >= 0.3 is 5.97 Å². The van der Waals surface area contributed by atoms with Crippen LogP contribution in [0.2, 0.25) is 5.02 Å². The number of thioether (sulfide) groups is 1. The highest BCUT2D eigenvalue weighted by Crippen LogP contribution is 2.55. The smallest absolute Gasteiger partial charge is 0.365 e. The molecule has 0 amide bonds. The highest BCUT2D eigenvalue weighted by Gasteiger charge is 2.56. The Kier molecular flexibility index (Phi) is 7.32. The van der Waals surface area contributed by atoms with Gasteiger partial charge in [-0.05, 0) is 60.5 Å². The standard InChI is InChI=1S/C33H29ClN4O2S/c1-4-40-32(39)31-36-38(27-14-10-11-25(34)21-27)33(41-31)29-16-9-8-15-28(29)30(24-19-17-23(18-20-24)22(2)3)35-37(33)26-12-6-5-7-13-26/h5-22H,4H2,1-3H3/t33-/m0/s1. The largest absolute Gasteiger partial charge is 0.461 e. The molecule has 4 aromatic carbocycles. The molecule has 41 heavy (non-hydrogen) atoms. The summed E-state index contributed by atoms with van der Waals surface area (Å²) >= 11 is 7.79. The van der Waals surface area contributed by atoms with Crippen molar-refractivity contribution in [3.63, 3.8) is 0 Å². The number of ether oxygens (including phenoxy) is 1.